The number of halogens is 1. The highest BCUT2D eigenvalue weighted by Crippen LogP contribution is 2.48. The van der Waals surface area contributed by atoms with Gasteiger partial charge in [0.1, 0.15) is 12.2 Å². The van der Waals surface area contributed by atoms with Gasteiger partial charge < -0.3 is 15.2 Å². The summed E-state index contributed by atoms with van der Waals surface area (Å²) in [6.45, 7) is 7.52. The van der Waals surface area contributed by atoms with Gasteiger partial charge in [0.05, 0.1) is 6.54 Å². The van der Waals surface area contributed by atoms with Crippen LogP contribution in [-0.4, -0.2) is 40.4 Å². The van der Waals surface area contributed by atoms with Crippen LogP contribution in [0.25, 0.3) is 0 Å². The molecule has 1 aliphatic rings. The van der Waals surface area contributed by atoms with E-state index < -0.39 is 0 Å². The Morgan fingerprint density at radius 3 is 2.62 bits per heavy atom. The zero-order chi connectivity index (χ0) is 17.5. The molecule has 2 N–H and O–H groups in total. The SMILES string of the molecule is CCNC(=NCC1(c2ccccc2)CC1)NCCn1cnnc1CC.I. The van der Waals surface area contributed by atoms with Crippen molar-refractivity contribution in [1.82, 2.24) is 25.4 Å². The van der Waals surface area contributed by atoms with Crippen LogP contribution in [0.1, 0.15) is 38.1 Å². The lowest BCUT2D eigenvalue weighted by molar-refractivity contribution is 0.629. The topological polar surface area (TPSA) is 67.1 Å². The lowest BCUT2D eigenvalue weighted by Crippen LogP contribution is -2.39. The Bertz CT molecular complexity index is 693. The number of aryl methyl sites for hydroxylation is 1. The first-order chi connectivity index (χ1) is 12.3. The lowest BCUT2D eigenvalue weighted by Gasteiger charge is -2.16. The highest BCUT2D eigenvalue weighted by atomic mass is 127. The molecular weight excluding hydrogens is 439 g/mol. The van der Waals surface area contributed by atoms with Crippen LogP contribution >= 0.6 is 24.0 Å². The van der Waals surface area contributed by atoms with Crippen molar-refractivity contribution in [2.75, 3.05) is 19.6 Å². The summed E-state index contributed by atoms with van der Waals surface area (Å²) >= 11 is 0. The highest BCUT2D eigenvalue weighted by molar-refractivity contribution is 14.0. The fourth-order valence-corrected chi connectivity index (χ4v) is 3.09. The van der Waals surface area contributed by atoms with E-state index in [0.29, 0.717) is 0 Å². The van der Waals surface area contributed by atoms with Crippen LogP contribution < -0.4 is 10.6 Å². The molecule has 1 aliphatic carbocycles. The van der Waals surface area contributed by atoms with Gasteiger partial charge in [-0.05, 0) is 25.3 Å². The fourth-order valence-electron chi connectivity index (χ4n) is 3.09. The highest BCUT2D eigenvalue weighted by Gasteiger charge is 2.43. The van der Waals surface area contributed by atoms with E-state index in [9.17, 15) is 0 Å². The van der Waals surface area contributed by atoms with Gasteiger partial charge in [0.2, 0.25) is 0 Å². The molecule has 26 heavy (non-hydrogen) atoms. The van der Waals surface area contributed by atoms with E-state index in [1.54, 1.807) is 6.33 Å². The van der Waals surface area contributed by atoms with Crippen LogP contribution in [0.5, 0.6) is 0 Å². The second-order valence-corrected chi connectivity index (χ2v) is 6.56. The third-order valence-electron chi connectivity index (χ3n) is 4.78. The summed E-state index contributed by atoms with van der Waals surface area (Å²) in [6.07, 6.45) is 5.13. The number of rotatable bonds is 8. The van der Waals surface area contributed by atoms with Gasteiger partial charge >= 0.3 is 0 Å². The van der Waals surface area contributed by atoms with Crippen LogP contribution in [0.15, 0.2) is 41.7 Å². The molecule has 0 saturated heterocycles. The van der Waals surface area contributed by atoms with Crippen molar-refractivity contribution in [2.24, 2.45) is 4.99 Å². The Balaban J connectivity index is 0.00000243. The predicted octanol–water partition coefficient (Wildman–Crippen LogP) is 2.75. The van der Waals surface area contributed by atoms with Crippen LogP contribution in [0, 0.1) is 0 Å². The molecule has 6 nitrogen and oxygen atoms in total. The monoisotopic (exact) mass is 468 g/mol. The Kier molecular flexibility index (Phi) is 7.86. The molecule has 0 amide bonds. The number of benzene rings is 1. The molecule has 7 heteroatoms. The van der Waals surface area contributed by atoms with Crippen molar-refractivity contribution in [3.05, 3.63) is 48.0 Å². The van der Waals surface area contributed by atoms with Gasteiger partial charge in [-0.1, -0.05) is 37.3 Å². The van der Waals surface area contributed by atoms with E-state index in [1.807, 2.05) is 0 Å². The van der Waals surface area contributed by atoms with Gasteiger partial charge in [-0.25, -0.2) is 0 Å². The molecule has 1 aromatic heterocycles. The molecule has 1 heterocycles. The van der Waals surface area contributed by atoms with Gasteiger partial charge in [-0.15, -0.1) is 34.2 Å². The fraction of sp³-hybridized carbons (Fsp3) is 0.526. The maximum absolute atomic E-state index is 4.84. The summed E-state index contributed by atoms with van der Waals surface area (Å²) in [5.74, 6) is 1.90. The molecular formula is C19H29IN6. The van der Waals surface area contributed by atoms with Crippen molar-refractivity contribution < 1.29 is 0 Å². The molecule has 0 unspecified atom stereocenters. The van der Waals surface area contributed by atoms with Crippen molar-refractivity contribution >= 4 is 29.9 Å². The summed E-state index contributed by atoms with van der Waals surface area (Å²) in [4.78, 5) is 4.84. The molecule has 1 saturated carbocycles. The van der Waals surface area contributed by atoms with Crippen LogP contribution in [0.4, 0.5) is 0 Å². The minimum Gasteiger partial charge on any atom is -0.357 e. The number of guanidine groups is 1. The average molecular weight is 468 g/mol. The summed E-state index contributed by atoms with van der Waals surface area (Å²) in [6, 6.07) is 10.8. The molecule has 0 radical (unpaired) electrons. The van der Waals surface area contributed by atoms with Crippen molar-refractivity contribution in [3.63, 3.8) is 0 Å². The number of aliphatic imine (C=N–C) groups is 1. The zero-order valence-electron chi connectivity index (χ0n) is 15.6. The van der Waals surface area contributed by atoms with E-state index >= 15 is 0 Å². The van der Waals surface area contributed by atoms with E-state index in [2.05, 4.69) is 69.6 Å². The van der Waals surface area contributed by atoms with Crippen LogP contribution in [-0.2, 0) is 18.4 Å². The van der Waals surface area contributed by atoms with Gasteiger partial charge in [0.15, 0.2) is 5.96 Å². The van der Waals surface area contributed by atoms with Crippen LogP contribution in [0.2, 0.25) is 0 Å². The minimum atomic E-state index is 0. The standard InChI is InChI=1S/C19H28N6.HI/c1-3-17-24-23-15-25(17)13-12-21-18(20-4-2)22-14-19(10-11-19)16-8-6-5-7-9-16;/h5-9,15H,3-4,10-14H2,1-2H3,(H2,20,21,22);1H. The molecule has 0 atom stereocenters. The smallest absolute Gasteiger partial charge is 0.191 e. The van der Waals surface area contributed by atoms with E-state index in [4.69, 9.17) is 4.99 Å². The van der Waals surface area contributed by atoms with Gasteiger partial charge in [-0.2, -0.15) is 0 Å². The number of hydrogen-bond donors (Lipinski definition) is 2. The molecule has 1 fully saturated rings. The molecule has 142 valence electrons. The Morgan fingerprint density at radius 2 is 1.96 bits per heavy atom. The molecule has 0 bridgehead atoms. The van der Waals surface area contributed by atoms with Crippen LogP contribution in [0.3, 0.4) is 0 Å². The third kappa shape index (κ3) is 5.18. The van der Waals surface area contributed by atoms with E-state index in [-0.39, 0.29) is 29.4 Å². The second kappa shape index (κ2) is 9.89. The number of nitrogens with one attached hydrogen (secondary N) is 2. The first kappa shape index (κ1) is 20.7. The first-order valence-electron chi connectivity index (χ1n) is 9.22. The maximum Gasteiger partial charge on any atom is 0.191 e. The minimum absolute atomic E-state index is 0. The van der Waals surface area contributed by atoms with Crippen molar-refractivity contribution in [1.29, 1.82) is 0 Å². The van der Waals surface area contributed by atoms with E-state index in [1.165, 1.54) is 18.4 Å². The summed E-state index contributed by atoms with van der Waals surface area (Å²) in [7, 11) is 0. The maximum atomic E-state index is 4.84. The first-order valence-corrected chi connectivity index (χ1v) is 9.22. The largest absolute Gasteiger partial charge is 0.357 e. The van der Waals surface area contributed by atoms with Gasteiger partial charge in [0.25, 0.3) is 0 Å². The summed E-state index contributed by atoms with van der Waals surface area (Å²) in [5, 5.41) is 14.9. The second-order valence-electron chi connectivity index (χ2n) is 6.56. The Labute approximate surface area is 172 Å². The predicted molar refractivity (Wildman–Crippen MR) is 116 cm³/mol. The molecule has 2 aromatic rings. The molecule has 1 aromatic carbocycles. The normalized spacial score (nSPS) is 15.2. The Hall–Kier alpha value is -1.64. The molecule has 0 aliphatic heterocycles. The number of hydrogen-bond acceptors (Lipinski definition) is 3. The Morgan fingerprint density at radius 1 is 1.19 bits per heavy atom. The molecule has 0 spiro atoms. The zero-order valence-corrected chi connectivity index (χ0v) is 17.9. The third-order valence-corrected chi connectivity index (χ3v) is 4.78. The lowest BCUT2D eigenvalue weighted by atomic mass is 9.96. The molecule has 3 rings (SSSR count). The number of aromatic nitrogens is 3. The summed E-state index contributed by atoms with van der Waals surface area (Å²) in [5.41, 5.74) is 1.65. The summed E-state index contributed by atoms with van der Waals surface area (Å²) < 4.78 is 2.09. The average Bonchev–Trinajstić information content (AvgIpc) is 3.31. The van der Waals surface area contributed by atoms with Crippen molar-refractivity contribution in [2.45, 2.75) is 45.1 Å². The van der Waals surface area contributed by atoms with Gasteiger partial charge in [-0.3, -0.25) is 4.99 Å². The number of nitrogens with zero attached hydrogens (tertiary/aromatic N) is 4. The van der Waals surface area contributed by atoms with Gasteiger partial charge in [0, 0.05) is 31.5 Å². The quantitative estimate of drug-likeness (QED) is 0.355. The van der Waals surface area contributed by atoms with Crippen molar-refractivity contribution in [3.8, 4) is 0 Å². The van der Waals surface area contributed by atoms with E-state index in [0.717, 1.165) is 44.4 Å².